The molecule has 0 aromatic heterocycles. The molecule has 72 valence electrons. The second-order valence-corrected chi connectivity index (χ2v) is 4.03. The zero-order valence-corrected chi connectivity index (χ0v) is 8.03. The molecule has 1 aliphatic rings. The Hall–Kier alpha value is -1.33. The monoisotopic (exact) mass is 187 g/mol. The van der Waals surface area contributed by atoms with E-state index in [9.17, 15) is 5.11 Å². The summed E-state index contributed by atoms with van der Waals surface area (Å²) in [6, 6.07) is 9.67. The molecule has 0 atom stereocenters. The first-order chi connectivity index (χ1) is 6.72. The van der Waals surface area contributed by atoms with Crippen molar-refractivity contribution in [2.24, 2.45) is 0 Å². The zero-order chi connectivity index (χ0) is 10.0. The van der Waals surface area contributed by atoms with Crippen LogP contribution in [0, 0.1) is 11.3 Å². The average Bonchev–Trinajstić information content (AvgIpc) is 2.95. The first-order valence-electron chi connectivity index (χ1n) is 4.93. The third kappa shape index (κ3) is 2.12. The van der Waals surface area contributed by atoms with Crippen LogP contribution in [0.1, 0.15) is 30.4 Å². The molecule has 1 aromatic carbocycles. The van der Waals surface area contributed by atoms with Crippen LogP contribution in [0.2, 0.25) is 0 Å². The summed E-state index contributed by atoms with van der Waals surface area (Å²) in [5.74, 6) is 0. The summed E-state index contributed by atoms with van der Waals surface area (Å²) in [6.45, 7) is 0. The van der Waals surface area contributed by atoms with E-state index in [4.69, 9.17) is 5.26 Å². The standard InChI is InChI=1S/C12H13NO/c13-9-11-3-1-10(2-4-11)5-6-12(14)7-8-12/h1-4,14H,5-8H2. The lowest BCUT2D eigenvalue weighted by molar-refractivity contribution is 0.140. The molecular formula is C12H13NO. The molecule has 0 radical (unpaired) electrons. The topological polar surface area (TPSA) is 44.0 Å². The average molecular weight is 187 g/mol. The predicted octanol–water partition coefficient (Wildman–Crippen LogP) is 2.02. The first-order valence-corrected chi connectivity index (χ1v) is 4.93. The van der Waals surface area contributed by atoms with Gasteiger partial charge in [-0.3, -0.25) is 0 Å². The minimum absolute atomic E-state index is 0.367. The molecule has 14 heavy (non-hydrogen) atoms. The Balaban J connectivity index is 1.94. The van der Waals surface area contributed by atoms with E-state index in [0.717, 1.165) is 25.7 Å². The summed E-state index contributed by atoms with van der Waals surface area (Å²) in [5, 5.41) is 18.2. The highest BCUT2D eigenvalue weighted by Crippen LogP contribution is 2.39. The number of nitriles is 1. The lowest BCUT2D eigenvalue weighted by Gasteiger charge is -2.06. The normalized spacial score (nSPS) is 17.4. The van der Waals surface area contributed by atoms with Gasteiger partial charge < -0.3 is 5.11 Å². The molecule has 0 spiro atoms. The van der Waals surface area contributed by atoms with Gasteiger partial charge in [0.25, 0.3) is 0 Å². The predicted molar refractivity (Wildman–Crippen MR) is 53.7 cm³/mol. The third-order valence-corrected chi connectivity index (χ3v) is 2.79. The van der Waals surface area contributed by atoms with E-state index >= 15 is 0 Å². The molecular weight excluding hydrogens is 174 g/mol. The molecule has 0 heterocycles. The van der Waals surface area contributed by atoms with Gasteiger partial charge in [-0.25, -0.2) is 0 Å². The van der Waals surface area contributed by atoms with Gasteiger partial charge in [0.2, 0.25) is 0 Å². The van der Waals surface area contributed by atoms with Gasteiger partial charge in [-0.2, -0.15) is 5.26 Å². The van der Waals surface area contributed by atoms with Crippen LogP contribution in [-0.2, 0) is 6.42 Å². The van der Waals surface area contributed by atoms with Crippen molar-refractivity contribution >= 4 is 0 Å². The van der Waals surface area contributed by atoms with E-state index in [1.807, 2.05) is 24.3 Å². The molecule has 0 amide bonds. The van der Waals surface area contributed by atoms with Crippen molar-refractivity contribution in [3.63, 3.8) is 0 Å². The van der Waals surface area contributed by atoms with Crippen LogP contribution in [0.15, 0.2) is 24.3 Å². The summed E-state index contributed by atoms with van der Waals surface area (Å²) < 4.78 is 0. The highest BCUT2D eigenvalue weighted by Gasteiger charge is 2.39. The molecule has 0 saturated heterocycles. The molecule has 1 fully saturated rings. The Kier molecular flexibility index (Phi) is 2.26. The van der Waals surface area contributed by atoms with Gasteiger partial charge in [0.15, 0.2) is 0 Å². The van der Waals surface area contributed by atoms with Gasteiger partial charge in [-0.15, -0.1) is 0 Å². The summed E-state index contributed by atoms with van der Waals surface area (Å²) in [5.41, 5.74) is 1.52. The van der Waals surface area contributed by atoms with Crippen LogP contribution in [0.4, 0.5) is 0 Å². The summed E-state index contributed by atoms with van der Waals surface area (Å²) in [7, 11) is 0. The quantitative estimate of drug-likeness (QED) is 0.786. The Labute approximate surface area is 83.8 Å². The van der Waals surface area contributed by atoms with Gasteiger partial charge in [0.05, 0.1) is 17.2 Å². The lowest BCUT2D eigenvalue weighted by Crippen LogP contribution is -2.07. The largest absolute Gasteiger partial charge is 0.390 e. The van der Waals surface area contributed by atoms with E-state index in [-0.39, 0.29) is 5.60 Å². The molecule has 2 nitrogen and oxygen atoms in total. The van der Waals surface area contributed by atoms with Crippen molar-refractivity contribution in [2.75, 3.05) is 0 Å². The van der Waals surface area contributed by atoms with Crippen molar-refractivity contribution in [1.82, 2.24) is 0 Å². The Bertz CT molecular complexity index is 357. The summed E-state index contributed by atoms with van der Waals surface area (Å²) in [6.07, 6.45) is 3.65. The fraction of sp³-hybridized carbons (Fsp3) is 0.417. The van der Waals surface area contributed by atoms with Crippen LogP contribution >= 0.6 is 0 Å². The van der Waals surface area contributed by atoms with Crippen LogP contribution in [0.3, 0.4) is 0 Å². The summed E-state index contributed by atoms with van der Waals surface area (Å²) in [4.78, 5) is 0. The van der Waals surface area contributed by atoms with Crippen molar-refractivity contribution in [3.8, 4) is 6.07 Å². The van der Waals surface area contributed by atoms with Crippen LogP contribution in [0.25, 0.3) is 0 Å². The Morgan fingerprint density at radius 3 is 2.43 bits per heavy atom. The molecule has 0 aliphatic heterocycles. The fourth-order valence-corrected chi connectivity index (χ4v) is 1.52. The molecule has 0 unspecified atom stereocenters. The molecule has 1 aromatic rings. The number of aliphatic hydroxyl groups is 1. The van der Waals surface area contributed by atoms with Gasteiger partial charge in [0.1, 0.15) is 0 Å². The number of aryl methyl sites for hydroxylation is 1. The highest BCUT2D eigenvalue weighted by atomic mass is 16.3. The summed E-state index contributed by atoms with van der Waals surface area (Å²) >= 11 is 0. The molecule has 1 aliphatic carbocycles. The van der Waals surface area contributed by atoms with E-state index in [2.05, 4.69) is 6.07 Å². The van der Waals surface area contributed by atoms with E-state index in [1.54, 1.807) is 0 Å². The van der Waals surface area contributed by atoms with Crippen molar-refractivity contribution in [2.45, 2.75) is 31.3 Å². The number of benzene rings is 1. The van der Waals surface area contributed by atoms with Crippen molar-refractivity contribution < 1.29 is 5.11 Å². The molecule has 1 saturated carbocycles. The SMILES string of the molecule is N#Cc1ccc(CCC2(O)CC2)cc1. The van der Waals surface area contributed by atoms with Crippen LogP contribution < -0.4 is 0 Å². The number of hydrogen-bond acceptors (Lipinski definition) is 2. The smallest absolute Gasteiger partial charge is 0.0991 e. The van der Waals surface area contributed by atoms with Gasteiger partial charge in [-0.1, -0.05) is 12.1 Å². The molecule has 2 heteroatoms. The van der Waals surface area contributed by atoms with Gasteiger partial charge >= 0.3 is 0 Å². The Morgan fingerprint density at radius 1 is 1.29 bits per heavy atom. The van der Waals surface area contributed by atoms with Crippen LogP contribution in [0.5, 0.6) is 0 Å². The Morgan fingerprint density at radius 2 is 1.93 bits per heavy atom. The van der Waals surface area contributed by atoms with Gasteiger partial charge in [0, 0.05) is 0 Å². The van der Waals surface area contributed by atoms with E-state index in [1.165, 1.54) is 5.56 Å². The van der Waals surface area contributed by atoms with Crippen molar-refractivity contribution in [1.29, 1.82) is 5.26 Å². The number of rotatable bonds is 3. The fourth-order valence-electron chi connectivity index (χ4n) is 1.52. The maximum Gasteiger partial charge on any atom is 0.0991 e. The van der Waals surface area contributed by atoms with E-state index in [0.29, 0.717) is 5.56 Å². The molecule has 2 rings (SSSR count). The highest BCUT2D eigenvalue weighted by molar-refractivity contribution is 5.31. The second-order valence-electron chi connectivity index (χ2n) is 4.03. The number of nitrogens with zero attached hydrogens (tertiary/aromatic N) is 1. The third-order valence-electron chi connectivity index (χ3n) is 2.79. The van der Waals surface area contributed by atoms with Crippen LogP contribution in [-0.4, -0.2) is 10.7 Å². The first kappa shape index (κ1) is 9.23. The minimum atomic E-state index is -0.367. The minimum Gasteiger partial charge on any atom is -0.390 e. The van der Waals surface area contributed by atoms with Gasteiger partial charge in [-0.05, 0) is 43.4 Å². The maximum atomic E-state index is 9.64. The lowest BCUT2D eigenvalue weighted by atomic mass is 10.0. The second kappa shape index (κ2) is 3.43. The van der Waals surface area contributed by atoms with Crippen molar-refractivity contribution in [3.05, 3.63) is 35.4 Å². The molecule has 0 bridgehead atoms. The maximum absolute atomic E-state index is 9.64. The van der Waals surface area contributed by atoms with E-state index < -0.39 is 0 Å². The zero-order valence-electron chi connectivity index (χ0n) is 8.03. The molecule has 1 N–H and O–H groups in total. The number of hydrogen-bond donors (Lipinski definition) is 1.